The molecular weight excluding hydrogens is 411 g/mol. The number of ether oxygens (including phenoxy) is 2. The lowest BCUT2D eigenvalue weighted by molar-refractivity contribution is 0.343. The highest BCUT2D eigenvalue weighted by atomic mass is 32.2. The average Bonchev–Trinajstić information content (AvgIpc) is 3.22. The molecule has 2 aromatic heterocycles. The van der Waals surface area contributed by atoms with E-state index < -0.39 is 0 Å². The van der Waals surface area contributed by atoms with Crippen LogP contribution in [0.25, 0.3) is 15.9 Å². The van der Waals surface area contributed by atoms with E-state index in [2.05, 4.69) is 4.98 Å². The Hall–Kier alpha value is -2.84. The van der Waals surface area contributed by atoms with Gasteiger partial charge in [-0.1, -0.05) is 11.8 Å². The van der Waals surface area contributed by atoms with Gasteiger partial charge in [0.2, 0.25) is 0 Å². The van der Waals surface area contributed by atoms with E-state index in [4.69, 9.17) is 9.47 Å². The molecule has 0 N–H and O–H groups in total. The SMILES string of the molecule is COc1ccc(-n2c(SCCOc3ccc(F)cc3)nc3ccsc3c2=O)cc1. The van der Waals surface area contributed by atoms with Crippen LogP contribution in [0.3, 0.4) is 0 Å². The third-order valence-electron chi connectivity index (χ3n) is 4.18. The first-order chi connectivity index (χ1) is 14.2. The van der Waals surface area contributed by atoms with Crippen molar-refractivity contribution in [2.24, 2.45) is 0 Å². The summed E-state index contributed by atoms with van der Waals surface area (Å²) in [5, 5.41) is 2.46. The van der Waals surface area contributed by atoms with Crippen molar-refractivity contribution >= 4 is 33.3 Å². The highest BCUT2D eigenvalue weighted by molar-refractivity contribution is 7.99. The topological polar surface area (TPSA) is 53.4 Å². The maximum absolute atomic E-state index is 13.1. The second-order valence-corrected chi connectivity index (χ2v) is 8.00. The third-order valence-corrected chi connectivity index (χ3v) is 5.97. The second kappa shape index (κ2) is 8.67. The summed E-state index contributed by atoms with van der Waals surface area (Å²) in [4.78, 5) is 17.7. The summed E-state index contributed by atoms with van der Waals surface area (Å²) >= 11 is 2.81. The summed E-state index contributed by atoms with van der Waals surface area (Å²) in [6.45, 7) is 0.399. The molecule has 0 amide bonds. The van der Waals surface area contributed by atoms with Crippen molar-refractivity contribution in [2.45, 2.75) is 5.16 Å². The predicted octanol–water partition coefficient (Wildman–Crippen LogP) is 4.77. The molecule has 148 valence electrons. The molecule has 4 rings (SSSR count). The Morgan fingerprint density at radius 1 is 1.07 bits per heavy atom. The van der Waals surface area contributed by atoms with Crippen LogP contribution in [-0.4, -0.2) is 29.0 Å². The minimum absolute atomic E-state index is 0.0999. The summed E-state index contributed by atoms with van der Waals surface area (Å²) in [7, 11) is 1.60. The molecule has 5 nitrogen and oxygen atoms in total. The van der Waals surface area contributed by atoms with Crippen LogP contribution in [0.5, 0.6) is 11.5 Å². The molecule has 0 aliphatic heterocycles. The van der Waals surface area contributed by atoms with Gasteiger partial charge < -0.3 is 9.47 Å². The van der Waals surface area contributed by atoms with Crippen LogP contribution in [0.15, 0.2) is 69.9 Å². The third kappa shape index (κ3) is 4.28. The van der Waals surface area contributed by atoms with Crippen molar-refractivity contribution in [3.8, 4) is 17.2 Å². The van der Waals surface area contributed by atoms with Crippen molar-refractivity contribution < 1.29 is 13.9 Å². The van der Waals surface area contributed by atoms with Gasteiger partial charge in [-0.25, -0.2) is 9.37 Å². The molecule has 0 bridgehead atoms. The van der Waals surface area contributed by atoms with Crippen LogP contribution in [0.2, 0.25) is 0 Å². The lowest BCUT2D eigenvalue weighted by atomic mass is 10.3. The van der Waals surface area contributed by atoms with Crippen molar-refractivity contribution in [1.29, 1.82) is 0 Å². The highest BCUT2D eigenvalue weighted by Gasteiger charge is 2.14. The van der Waals surface area contributed by atoms with E-state index >= 15 is 0 Å². The van der Waals surface area contributed by atoms with Crippen LogP contribution in [0.1, 0.15) is 0 Å². The van der Waals surface area contributed by atoms with Crippen LogP contribution < -0.4 is 15.0 Å². The number of halogens is 1. The van der Waals surface area contributed by atoms with Gasteiger partial charge >= 0.3 is 0 Å². The maximum atomic E-state index is 13.1. The Balaban J connectivity index is 1.58. The molecule has 0 unspecified atom stereocenters. The van der Waals surface area contributed by atoms with E-state index in [-0.39, 0.29) is 11.4 Å². The lowest BCUT2D eigenvalue weighted by Crippen LogP contribution is -2.21. The largest absolute Gasteiger partial charge is 0.497 e. The first-order valence-electron chi connectivity index (χ1n) is 8.81. The number of nitrogens with zero attached hydrogens (tertiary/aromatic N) is 2. The lowest BCUT2D eigenvalue weighted by Gasteiger charge is -2.13. The molecule has 4 aromatic rings. The number of thiophene rings is 1. The number of thioether (sulfide) groups is 1. The first-order valence-corrected chi connectivity index (χ1v) is 10.7. The van der Waals surface area contributed by atoms with E-state index in [1.807, 2.05) is 35.7 Å². The van der Waals surface area contributed by atoms with E-state index in [0.717, 1.165) is 5.69 Å². The van der Waals surface area contributed by atoms with Crippen molar-refractivity contribution in [2.75, 3.05) is 19.5 Å². The highest BCUT2D eigenvalue weighted by Crippen LogP contribution is 2.25. The minimum atomic E-state index is -0.302. The molecule has 0 radical (unpaired) electrons. The van der Waals surface area contributed by atoms with Gasteiger partial charge in [-0.3, -0.25) is 9.36 Å². The fourth-order valence-corrected chi connectivity index (χ4v) is 4.36. The van der Waals surface area contributed by atoms with Gasteiger partial charge in [-0.05, 0) is 60.0 Å². The molecule has 0 atom stereocenters. The summed E-state index contributed by atoms with van der Waals surface area (Å²) < 4.78 is 26.1. The van der Waals surface area contributed by atoms with Crippen molar-refractivity contribution in [1.82, 2.24) is 9.55 Å². The number of rotatable bonds is 7. The van der Waals surface area contributed by atoms with Gasteiger partial charge in [0.25, 0.3) is 5.56 Å². The number of hydrogen-bond donors (Lipinski definition) is 0. The van der Waals surface area contributed by atoms with Crippen molar-refractivity contribution in [3.63, 3.8) is 0 Å². The summed E-state index contributed by atoms with van der Waals surface area (Å²) in [6, 6.07) is 15.0. The standard InChI is InChI=1S/C21H17FN2O3S2/c1-26-16-8-4-15(5-9-16)24-20(25)19-18(10-12-28-19)23-21(24)29-13-11-27-17-6-2-14(22)3-7-17/h2-10,12H,11,13H2,1H3. The van der Waals surface area contributed by atoms with Gasteiger partial charge in [0.15, 0.2) is 5.16 Å². The number of benzene rings is 2. The molecule has 0 saturated heterocycles. The van der Waals surface area contributed by atoms with E-state index in [0.29, 0.717) is 39.2 Å². The molecule has 0 fully saturated rings. The minimum Gasteiger partial charge on any atom is -0.497 e. The number of fused-ring (bicyclic) bond motifs is 1. The number of methoxy groups -OCH3 is 1. The second-order valence-electron chi connectivity index (χ2n) is 6.02. The molecule has 29 heavy (non-hydrogen) atoms. The molecule has 2 aromatic carbocycles. The fourth-order valence-electron chi connectivity index (χ4n) is 2.77. The quantitative estimate of drug-likeness (QED) is 0.241. The van der Waals surface area contributed by atoms with Gasteiger partial charge in [0.05, 0.1) is 24.9 Å². The Morgan fingerprint density at radius 3 is 2.52 bits per heavy atom. The Labute approximate surface area is 174 Å². The van der Waals surface area contributed by atoms with Gasteiger partial charge in [-0.2, -0.15) is 0 Å². The summed E-state index contributed by atoms with van der Waals surface area (Å²) in [5.74, 6) is 1.59. The zero-order valence-electron chi connectivity index (χ0n) is 15.5. The molecule has 0 aliphatic carbocycles. The van der Waals surface area contributed by atoms with Crippen LogP contribution in [0.4, 0.5) is 4.39 Å². The number of hydrogen-bond acceptors (Lipinski definition) is 6. The zero-order chi connectivity index (χ0) is 20.2. The Morgan fingerprint density at radius 2 is 1.79 bits per heavy atom. The zero-order valence-corrected chi connectivity index (χ0v) is 17.1. The maximum Gasteiger partial charge on any atom is 0.276 e. The Bertz CT molecular complexity index is 1170. The fraction of sp³-hybridized carbons (Fsp3) is 0.143. The van der Waals surface area contributed by atoms with Crippen molar-refractivity contribution in [3.05, 3.63) is 76.1 Å². The molecule has 2 heterocycles. The molecular formula is C21H17FN2O3S2. The predicted molar refractivity (Wildman–Crippen MR) is 114 cm³/mol. The monoisotopic (exact) mass is 428 g/mol. The smallest absolute Gasteiger partial charge is 0.276 e. The molecule has 0 aliphatic rings. The van der Waals surface area contributed by atoms with E-state index in [1.54, 1.807) is 23.8 Å². The molecule has 0 spiro atoms. The van der Waals surface area contributed by atoms with Crippen LogP contribution in [0, 0.1) is 5.82 Å². The van der Waals surface area contributed by atoms with Gasteiger partial charge in [0, 0.05) is 5.75 Å². The van der Waals surface area contributed by atoms with Crippen LogP contribution >= 0.6 is 23.1 Å². The summed E-state index contributed by atoms with van der Waals surface area (Å²) in [6.07, 6.45) is 0. The van der Waals surface area contributed by atoms with Crippen LogP contribution in [-0.2, 0) is 0 Å². The van der Waals surface area contributed by atoms with E-state index in [1.165, 1.54) is 35.2 Å². The average molecular weight is 429 g/mol. The molecule has 8 heteroatoms. The Kier molecular flexibility index (Phi) is 5.82. The van der Waals surface area contributed by atoms with Gasteiger partial charge in [0.1, 0.15) is 22.0 Å². The number of aromatic nitrogens is 2. The van der Waals surface area contributed by atoms with Gasteiger partial charge in [-0.15, -0.1) is 11.3 Å². The summed E-state index contributed by atoms with van der Waals surface area (Å²) in [5.41, 5.74) is 1.31. The van der Waals surface area contributed by atoms with E-state index in [9.17, 15) is 9.18 Å². The molecule has 0 saturated carbocycles. The normalized spacial score (nSPS) is 11.0. The first kappa shape index (κ1) is 19.5.